The lowest BCUT2D eigenvalue weighted by atomic mass is 10.0. The predicted molar refractivity (Wildman–Crippen MR) is 95.1 cm³/mol. The van der Waals surface area contributed by atoms with Gasteiger partial charge in [-0.25, -0.2) is 14.3 Å². The summed E-state index contributed by atoms with van der Waals surface area (Å²) < 4.78 is 20.4. The van der Waals surface area contributed by atoms with Crippen molar-refractivity contribution in [3.8, 4) is 5.75 Å². The number of hydrogen-bond donors (Lipinski definition) is 2. The molecular formula is C15H21Cl2N2O4P. The maximum absolute atomic E-state index is 13.0. The summed E-state index contributed by atoms with van der Waals surface area (Å²) in [6, 6.07) is 5.63. The van der Waals surface area contributed by atoms with Crippen LogP contribution in [0.3, 0.4) is 0 Å². The van der Waals surface area contributed by atoms with Crippen molar-refractivity contribution in [1.82, 2.24) is 9.76 Å². The lowest BCUT2D eigenvalue weighted by Crippen LogP contribution is -2.35. The highest BCUT2D eigenvalue weighted by Gasteiger charge is 2.36. The minimum atomic E-state index is -3.20. The van der Waals surface area contributed by atoms with Gasteiger partial charge in [0.05, 0.1) is 0 Å². The highest BCUT2D eigenvalue weighted by molar-refractivity contribution is 7.54. The van der Waals surface area contributed by atoms with E-state index >= 15 is 0 Å². The molecule has 9 heteroatoms. The number of aliphatic carboxylic acids is 1. The zero-order chi connectivity index (χ0) is 17.6. The molecule has 1 aromatic carbocycles. The van der Waals surface area contributed by atoms with Crippen LogP contribution in [0.25, 0.3) is 0 Å². The number of halogens is 2. The molecule has 0 bridgehead atoms. The zero-order valence-corrected chi connectivity index (χ0v) is 15.6. The summed E-state index contributed by atoms with van der Waals surface area (Å²) in [5, 5.41) is 11.7. The minimum Gasteiger partial charge on any atom is -0.481 e. The number of carbonyl (C=O) groups is 1. The van der Waals surface area contributed by atoms with Gasteiger partial charge >= 0.3 is 13.6 Å². The van der Waals surface area contributed by atoms with E-state index in [1.807, 2.05) is 12.1 Å². The Hall–Kier alpha value is -0.780. The van der Waals surface area contributed by atoms with E-state index in [0.29, 0.717) is 50.0 Å². The molecule has 0 saturated heterocycles. The molecule has 1 heterocycles. The Morgan fingerprint density at radius 1 is 1.33 bits per heavy atom. The van der Waals surface area contributed by atoms with Gasteiger partial charge in [-0.2, -0.15) is 0 Å². The van der Waals surface area contributed by atoms with E-state index in [1.54, 1.807) is 10.7 Å². The van der Waals surface area contributed by atoms with Crippen LogP contribution in [0.5, 0.6) is 5.75 Å². The van der Waals surface area contributed by atoms with Crippen molar-refractivity contribution in [1.29, 1.82) is 0 Å². The average molecular weight is 395 g/mol. The Morgan fingerprint density at radius 3 is 2.67 bits per heavy atom. The Morgan fingerprint density at radius 2 is 2.04 bits per heavy atom. The van der Waals surface area contributed by atoms with Crippen molar-refractivity contribution in [3.05, 3.63) is 29.3 Å². The minimum absolute atomic E-state index is 0.146. The van der Waals surface area contributed by atoms with Crippen molar-refractivity contribution in [2.45, 2.75) is 25.8 Å². The molecular weight excluding hydrogens is 374 g/mol. The van der Waals surface area contributed by atoms with Gasteiger partial charge in [0.15, 0.2) is 0 Å². The average Bonchev–Trinajstić information content (AvgIpc) is 2.54. The smallest absolute Gasteiger partial charge is 0.393 e. The fourth-order valence-corrected chi connectivity index (χ4v) is 5.10. The van der Waals surface area contributed by atoms with Crippen LogP contribution in [0.4, 0.5) is 0 Å². The van der Waals surface area contributed by atoms with Gasteiger partial charge in [-0.1, -0.05) is 12.1 Å². The van der Waals surface area contributed by atoms with Gasteiger partial charge in [0.25, 0.3) is 0 Å². The number of benzene rings is 1. The summed E-state index contributed by atoms with van der Waals surface area (Å²) in [4.78, 5) is 10.6. The first-order valence-electron chi connectivity index (χ1n) is 7.74. The zero-order valence-electron chi connectivity index (χ0n) is 13.2. The van der Waals surface area contributed by atoms with Gasteiger partial charge in [0.1, 0.15) is 5.75 Å². The Labute approximate surface area is 151 Å². The fraction of sp³-hybridized carbons (Fsp3) is 0.533. The molecule has 1 unspecified atom stereocenters. The summed E-state index contributed by atoms with van der Waals surface area (Å²) >= 11 is 11.5. The number of hydrogen-bond acceptors (Lipinski definition) is 3. The third kappa shape index (κ3) is 5.11. The van der Waals surface area contributed by atoms with E-state index in [2.05, 4.69) is 5.09 Å². The second-order valence-corrected chi connectivity index (χ2v) is 8.33. The molecule has 1 aromatic rings. The van der Waals surface area contributed by atoms with Crippen LogP contribution in [0.1, 0.15) is 24.0 Å². The number of aryl methyl sites for hydroxylation is 1. The molecule has 1 aliphatic rings. The molecule has 24 heavy (non-hydrogen) atoms. The van der Waals surface area contributed by atoms with Crippen LogP contribution in [0, 0.1) is 0 Å². The quantitative estimate of drug-likeness (QED) is 0.493. The summed E-state index contributed by atoms with van der Waals surface area (Å²) in [5.74, 6) is 0.452. The number of carboxylic acid groups (broad SMARTS) is 1. The number of rotatable bonds is 9. The molecule has 1 atom stereocenters. The molecule has 2 rings (SSSR count). The van der Waals surface area contributed by atoms with Crippen molar-refractivity contribution >= 4 is 36.8 Å². The summed E-state index contributed by atoms with van der Waals surface area (Å²) in [7, 11) is -3.20. The fourth-order valence-electron chi connectivity index (χ4n) is 2.54. The molecule has 0 spiro atoms. The molecule has 2 N–H and O–H groups in total. The number of fused-ring (bicyclic) bond motifs is 1. The maximum atomic E-state index is 13.0. The first-order chi connectivity index (χ1) is 11.5. The monoisotopic (exact) mass is 394 g/mol. The molecule has 1 aliphatic heterocycles. The van der Waals surface area contributed by atoms with Gasteiger partial charge in [-0.15, -0.1) is 23.2 Å². The normalized spacial score (nSPS) is 19.8. The summed E-state index contributed by atoms with van der Waals surface area (Å²) in [6.07, 6.45) is 1.41. The molecule has 6 nitrogen and oxygen atoms in total. The van der Waals surface area contributed by atoms with Crippen molar-refractivity contribution < 1.29 is 19.0 Å². The van der Waals surface area contributed by atoms with Crippen molar-refractivity contribution in [2.24, 2.45) is 0 Å². The Balaban J connectivity index is 2.08. The second-order valence-electron chi connectivity index (χ2n) is 5.47. The Bertz CT molecular complexity index is 623. The lowest BCUT2D eigenvalue weighted by Gasteiger charge is -2.34. The van der Waals surface area contributed by atoms with E-state index in [9.17, 15) is 9.36 Å². The van der Waals surface area contributed by atoms with Gasteiger partial charge in [0.2, 0.25) is 0 Å². The number of nitrogens with one attached hydrogen (secondary N) is 1. The van der Waals surface area contributed by atoms with Gasteiger partial charge < -0.3 is 9.63 Å². The van der Waals surface area contributed by atoms with Crippen LogP contribution in [0.15, 0.2) is 18.2 Å². The number of carboxylic acids is 1. The molecule has 0 saturated carbocycles. The second kappa shape index (κ2) is 9.07. The molecule has 0 aromatic heterocycles. The number of nitrogens with zero attached hydrogens (tertiary/aromatic N) is 1. The van der Waals surface area contributed by atoms with Crippen LogP contribution in [-0.4, -0.2) is 40.6 Å². The standard InChI is InChI=1S/C15H21Cl2N2O4P/c16-6-8-19(9-7-17)24(22)18-11-13-10-12(2-1-3-15(20)21)4-5-14(13)23-24/h4-5,10H,1-3,6-9,11H2,(H,18,22)(H,20,21). The third-order valence-electron chi connectivity index (χ3n) is 3.73. The van der Waals surface area contributed by atoms with E-state index in [4.69, 9.17) is 32.8 Å². The molecule has 0 radical (unpaired) electrons. The van der Waals surface area contributed by atoms with E-state index in [-0.39, 0.29) is 6.42 Å². The predicted octanol–water partition coefficient (Wildman–Crippen LogP) is 3.46. The molecule has 0 amide bonds. The SMILES string of the molecule is O=C(O)CCCc1ccc2c(c1)CNP(=O)(N(CCCl)CCCl)O2. The van der Waals surface area contributed by atoms with Crippen molar-refractivity contribution in [2.75, 3.05) is 24.8 Å². The molecule has 0 aliphatic carbocycles. The van der Waals surface area contributed by atoms with Gasteiger partial charge in [0, 0.05) is 43.4 Å². The van der Waals surface area contributed by atoms with Crippen LogP contribution >= 0.6 is 30.9 Å². The van der Waals surface area contributed by atoms with Crippen LogP contribution in [-0.2, 0) is 22.3 Å². The van der Waals surface area contributed by atoms with Gasteiger partial charge in [-0.3, -0.25) is 4.79 Å². The maximum Gasteiger partial charge on any atom is 0.393 e. The molecule has 0 fully saturated rings. The van der Waals surface area contributed by atoms with Gasteiger partial charge in [-0.05, 0) is 24.5 Å². The van der Waals surface area contributed by atoms with E-state index in [1.165, 1.54) is 0 Å². The Kier molecular flexibility index (Phi) is 7.38. The highest BCUT2D eigenvalue weighted by atomic mass is 35.5. The highest BCUT2D eigenvalue weighted by Crippen LogP contribution is 2.51. The van der Waals surface area contributed by atoms with Crippen LogP contribution < -0.4 is 9.61 Å². The van der Waals surface area contributed by atoms with Crippen LogP contribution in [0.2, 0.25) is 0 Å². The van der Waals surface area contributed by atoms with Crippen molar-refractivity contribution in [3.63, 3.8) is 0 Å². The first-order valence-corrected chi connectivity index (χ1v) is 10.4. The summed E-state index contributed by atoms with van der Waals surface area (Å²) in [5.41, 5.74) is 1.95. The topological polar surface area (TPSA) is 78.9 Å². The molecule has 134 valence electrons. The van der Waals surface area contributed by atoms with E-state index < -0.39 is 13.6 Å². The first kappa shape index (κ1) is 19.5. The number of alkyl halides is 2. The summed E-state index contributed by atoms with van der Waals surface area (Å²) in [6.45, 7) is 1.25. The largest absolute Gasteiger partial charge is 0.481 e. The van der Waals surface area contributed by atoms with E-state index in [0.717, 1.165) is 11.1 Å². The third-order valence-corrected chi connectivity index (χ3v) is 6.21. The lowest BCUT2D eigenvalue weighted by molar-refractivity contribution is -0.137.